The molecule has 0 saturated heterocycles. The fourth-order valence-corrected chi connectivity index (χ4v) is 11.6. The second kappa shape index (κ2) is 5.56. The first-order valence-electron chi connectivity index (χ1n) is 5.52. The summed E-state index contributed by atoms with van der Waals surface area (Å²) >= 11 is 5.25. The van der Waals surface area contributed by atoms with Crippen molar-refractivity contribution in [2.75, 3.05) is 13.2 Å². The number of hydrogen-bond acceptors (Lipinski definition) is 3. The van der Waals surface area contributed by atoms with Crippen LogP contribution in [0.1, 0.15) is 6.92 Å². The van der Waals surface area contributed by atoms with Crippen LogP contribution in [0.5, 0.6) is 0 Å². The second-order valence-corrected chi connectivity index (χ2v) is 16.4. The molecule has 15 heavy (non-hydrogen) atoms. The first-order valence-corrected chi connectivity index (χ1v) is 12.8. The van der Waals surface area contributed by atoms with E-state index < -0.39 is 16.5 Å². The fraction of sp³-hybridized carbons (Fsp3) is 0.900. The molecule has 0 aromatic heterocycles. The molecular weight excluding hydrogens is 238 g/mol. The number of rotatable bonds is 5. The maximum absolute atomic E-state index is 5.40. The average molecular weight is 264 g/mol. The Bertz CT molecular complexity index is 206. The van der Waals surface area contributed by atoms with Crippen molar-refractivity contribution >= 4 is 33.7 Å². The fourth-order valence-electron chi connectivity index (χ4n) is 1.82. The molecule has 0 aromatic carbocycles. The van der Waals surface area contributed by atoms with E-state index in [-0.39, 0.29) is 0 Å². The van der Waals surface area contributed by atoms with E-state index in [1.54, 1.807) is 0 Å². The minimum Gasteiger partial charge on any atom is -0.486 e. The van der Waals surface area contributed by atoms with Gasteiger partial charge in [-0.3, -0.25) is 0 Å². The summed E-state index contributed by atoms with van der Waals surface area (Å²) in [6, 6.07) is 0. The van der Waals surface area contributed by atoms with Crippen LogP contribution in [0.2, 0.25) is 39.3 Å². The summed E-state index contributed by atoms with van der Waals surface area (Å²) in [6.45, 7) is 17.8. The third-order valence-electron chi connectivity index (χ3n) is 2.21. The zero-order chi connectivity index (χ0) is 12.3. The molecule has 5 heteroatoms. The third kappa shape index (κ3) is 5.80. The van der Waals surface area contributed by atoms with Crippen LogP contribution >= 0.6 is 12.2 Å². The maximum Gasteiger partial charge on any atom is 0.172 e. The molecule has 0 atom stereocenters. The van der Waals surface area contributed by atoms with Gasteiger partial charge in [-0.25, -0.2) is 0 Å². The van der Waals surface area contributed by atoms with Crippen molar-refractivity contribution in [3.63, 3.8) is 0 Å². The molecule has 0 aromatic rings. The first kappa shape index (κ1) is 15.3. The smallest absolute Gasteiger partial charge is 0.172 e. The quantitative estimate of drug-likeness (QED) is 0.558. The Kier molecular flexibility index (Phi) is 5.67. The highest BCUT2D eigenvalue weighted by molar-refractivity contribution is 7.80. The molecule has 0 bridgehead atoms. The van der Waals surface area contributed by atoms with Crippen molar-refractivity contribution in [3.05, 3.63) is 0 Å². The van der Waals surface area contributed by atoms with Crippen molar-refractivity contribution in [1.29, 1.82) is 0 Å². The summed E-state index contributed by atoms with van der Waals surface area (Å²) in [5.74, 6) is 0. The van der Waals surface area contributed by atoms with Crippen LogP contribution in [-0.4, -0.2) is 38.9 Å². The number of thiocarbonyl (C=S) groups is 1. The molecule has 0 amide bonds. The van der Waals surface area contributed by atoms with Crippen LogP contribution in [0.4, 0.5) is 0 Å². The normalized spacial score (nSPS) is 13.1. The molecule has 0 radical (unpaired) electrons. The van der Waals surface area contributed by atoms with Gasteiger partial charge in [-0.05, 0) is 19.1 Å². The van der Waals surface area contributed by atoms with Gasteiger partial charge in [-0.1, -0.05) is 39.3 Å². The van der Waals surface area contributed by atoms with Crippen LogP contribution in [-0.2, 0) is 4.74 Å². The minimum atomic E-state index is -1.29. The average Bonchev–Trinajstić information content (AvgIpc) is 1.96. The predicted molar refractivity (Wildman–Crippen MR) is 77.6 cm³/mol. The summed E-state index contributed by atoms with van der Waals surface area (Å²) < 4.78 is 8.03. The molecule has 0 aliphatic carbocycles. The Balaban J connectivity index is 4.62. The van der Waals surface area contributed by atoms with Gasteiger partial charge in [0.2, 0.25) is 0 Å². The van der Waals surface area contributed by atoms with Crippen LogP contribution in [0.3, 0.4) is 0 Å². The largest absolute Gasteiger partial charge is 0.486 e. The molecule has 0 rings (SSSR count). The number of nitrogens with zero attached hydrogens (tertiary/aromatic N) is 1. The Morgan fingerprint density at radius 2 is 1.47 bits per heavy atom. The monoisotopic (exact) mass is 263 g/mol. The lowest BCUT2D eigenvalue weighted by Crippen LogP contribution is -2.60. The lowest BCUT2D eigenvalue weighted by molar-refractivity contribution is 0.324. The van der Waals surface area contributed by atoms with E-state index in [1.807, 2.05) is 6.92 Å². The van der Waals surface area contributed by atoms with Crippen molar-refractivity contribution in [2.24, 2.45) is 0 Å². The van der Waals surface area contributed by atoms with E-state index in [9.17, 15) is 0 Å². The predicted octanol–water partition coefficient (Wildman–Crippen LogP) is 3.32. The highest BCUT2D eigenvalue weighted by Crippen LogP contribution is 2.19. The molecule has 0 aliphatic rings. The van der Waals surface area contributed by atoms with Crippen molar-refractivity contribution in [1.82, 2.24) is 4.23 Å². The number of ether oxygens (including phenoxy) is 1. The van der Waals surface area contributed by atoms with E-state index in [4.69, 9.17) is 17.0 Å². The molecule has 0 N–H and O–H groups in total. The van der Waals surface area contributed by atoms with Crippen LogP contribution in [0.15, 0.2) is 0 Å². The Hall–Kier alpha value is 0.284. The lowest BCUT2D eigenvalue weighted by Gasteiger charge is -2.43. The Morgan fingerprint density at radius 1 is 1.07 bits per heavy atom. The zero-order valence-electron chi connectivity index (χ0n) is 11.2. The first-order chi connectivity index (χ1) is 6.59. The standard InChI is InChI=1S/C10H25NOSSi2/c1-8-12-10(13)9-11(14(2,3)4)15(5,6)7/h8-9H2,1-7H3. The van der Waals surface area contributed by atoms with Gasteiger partial charge in [0.05, 0.1) is 13.2 Å². The van der Waals surface area contributed by atoms with E-state index in [2.05, 4.69) is 43.5 Å². The van der Waals surface area contributed by atoms with E-state index in [0.29, 0.717) is 6.61 Å². The summed E-state index contributed by atoms with van der Waals surface area (Å²) in [5, 5.41) is 0.752. The summed E-state index contributed by atoms with van der Waals surface area (Å²) in [7, 11) is -2.57. The molecule has 0 spiro atoms. The molecule has 90 valence electrons. The zero-order valence-corrected chi connectivity index (χ0v) is 14.0. The molecular formula is C10H25NOSSi2. The van der Waals surface area contributed by atoms with Crippen LogP contribution in [0, 0.1) is 0 Å². The molecule has 0 heterocycles. The van der Waals surface area contributed by atoms with Crippen molar-refractivity contribution in [3.8, 4) is 0 Å². The van der Waals surface area contributed by atoms with Gasteiger partial charge in [0.1, 0.15) is 16.5 Å². The molecule has 0 fully saturated rings. The van der Waals surface area contributed by atoms with Gasteiger partial charge in [-0.2, -0.15) is 0 Å². The van der Waals surface area contributed by atoms with Crippen LogP contribution in [0.25, 0.3) is 0 Å². The van der Waals surface area contributed by atoms with Crippen molar-refractivity contribution in [2.45, 2.75) is 46.2 Å². The van der Waals surface area contributed by atoms with Crippen molar-refractivity contribution < 1.29 is 4.74 Å². The third-order valence-corrected chi connectivity index (χ3v) is 10.0. The van der Waals surface area contributed by atoms with E-state index in [1.165, 1.54) is 0 Å². The van der Waals surface area contributed by atoms with Gasteiger partial charge < -0.3 is 8.97 Å². The summed E-state index contributed by atoms with van der Waals surface area (Å²) in [4.78, 5) is 0. The summed E-state index contributed by atoms with van der Waals surface area (Å²) in [5.41, 5.74) is 0. The Labute approximate surface area is 102 Å². The van der Waals surface area contributed by atoms with Gasteiger partial charge >= 0.3 is 0 Å². The molecule has 2 nitrogen and oxygen atoms in total. The van der Waals surface area contributed by atoms with Gasteiger partial charge in [0.15, 0.2) is 5.05 Å². The second-order valence-electron chi connectivity index (χ2n) is 5.73. The SMILES string of the molecule is CCOC(=S)CN([Si](C)(C)C)[Si](C)(C)C. The topological polar surface area (TPSA) is 12.5 Å². The molecule has 0 saturated carbocycles. The van der Waals surface area contributed by atoms with Gasteiger partial charge in [0, 0.05) is 0 Å². The minimum absolute atomic E-state index is 0.685. The maximum atomic E-state index is 5.40. The van der Waals surface area contributed by atoms with E-state index in [0.717, 1.165) is 11.6 Å². The highest BCUT2D eigenvalue weighted by atomic mass is 32.1. The molecule has 0 unspecified atom stereocenters. The summed E-state index contributed by atoms with van der Waals surface area (Å²) in [6.07, 6.45) is 0. The van der Waals surface area contributed by atoms with E-state index >= 15 is 0 Å². The molecule has 0 aliphatic heterocycles. The Morgan fingerprint density at radius 3 is 1.73 bits per heavy atom. The van der Waals surface area contributed by atoms with Gasteiger partial charge in [-0.15, -0.1) is 0 Å². The lowest BCUT2D eigenvalue weighted by atomic mass is 10.7. The van der Waals surface area contributed by atoms with Gasteiger partial charge in [0.25, 0.3) is 0 Å². The van der Waals surface area contributed by atoms with Crippen LogP contribution < -0.4 is 0 Å². The number of hydrogen-bond donors (Lipinski definition) is 0. The highest BCUT2D eigenvalue weighted by Gasteiger charge is 2.34.